The molecule has 23 heavy (non-hydrogen) atoms. The molecule has 0 radical (unpaired) electrons. The Kier molecular flexibility index (Phi) is 3.67. The first kappa shape index (κ1) is 14.1. The fourth-order valence-corrected chi connectivity index (χ4v) is 3.13. The van der Waals surface area contributed by atoms with Gasteiger partial charge >= 0.3 is 0 Å². The molecule has 0 spiro atoms. The summed E-state index contributed by atoms with van der Waals surface area (Å²) in [6, 6.07) is 12.9. The summed E-state index contributed by atoms with van der Waals surface area (Å²) in [7, 11) is 0. The summed E-state index contributed by atoms with van der Waals surface area (Å²) in [6.07, 6.45) is 1.91. The van der Waals surface area contributed by atoms with Gasteiger partial charge in [0, 0.05) is 19.0 Å². The van der Waals surface area contributed by atoms with Crippen LogP contribution in [0.15, 0.2) is 36.4 Å². The van der Waals surface area contributed by atoms with Crippen molar-refractivity contribution in [1.29, 1.82) is 0 Å². The van der Waals surface area contributed by atoms with Gasteiger partial charge in [0.1, 0.15) is 5.82 Å². The molecule has 0 bridgehead atoms. The number of anilines is 1. The topological polar surface area (TPSA) is 67.1 Å². The molecule has 1 atom stereocenters. The molecule has 1 aromatic carbocycles. The maximum atomic E-state index is 4.60. The predicted octanol–water partition coefficient (Wildman–Crippen LogP) is 1.99. The first-order valence-corrected chi connectivity index (χ1v) is 8.11. The first-order valence-electron chi connectivity index (χ1n) is 8.11. The summed E-state index contributed by atoms with van der Waals surface area (Å²) in [5.74, 6) is 1.72. The van der Waals surface area contributed by atoms with Gasteiger partial charge in [-0.3, -0.25) is 0 Å². The molecule has 6 heteroatoms. The van der Waals surface area contributed by atoms with Crippen LogP contribution in [0.3, 0.4) is 0 Å². The highest BCUT2D eigenvalue weighted by Gasteiger charge is 2.18. The van der Waals surface area contributed by atoms with Crippen LogP contribution < -0.4 is 10.6 Å². The van der Waals surface area contributed by atoms with Gasteiger partial charge in [0.25, 0.3) is 0 Å². The van der Waals surface area contributed by atoms with Crippen molar-refractivity contribution in [3.63, 3.8) is 0 Å². The minimum Gasteiger partial charge on any atom is -0.367 e. The first-order chi connectivity index (χ1) is 11.3. The van der Waals surface area contributed by atoms with Crippen LogP contribution in [0, 0.1) is 0 Å². The number of aryl methyl sites for hydroxylation is 1. The van der Waals surface area contributed by atoms with Gasteiger partial charge in [0.05, 0.1) is 0 Å². The molecule has 3 aromatic rings. The molecule has 0 saturated carbocycles. The Hall–Kier alpha value is -2.47. The largest absolute Gasteiger partial charge is 0.367 e. The number of hydrogen-bond donors (Lipinski definition) is 2. The van der Waals surface area contributed by atoms with Crippen LogP contribution >= 0.6 is 0 Å². The lowest BCUT2D eigenvalue weighted by atomic mass is 9.94. The highest BCUT2D eigenvalue weighted by Crippen LogP contribution is 2.22. The molecule has 0 saturated heterocycles. The second kappa shape index (κ2) is 5.96. The van der Waals surface area contributed by atoms with Crippen molar-refractivity contribution < 1.29 is 0 Å². The minimum absolute atomic E-state index is 0.309. The fraction of sp³-hybridized carbons (Fsp3) is 0.353. The lowest BCUT2D eigenvalue weighted by Gasteiger charge is -2.27. The summed E-state index contributed by atoms with van der Waals surface area (Å²) < 4.78 is 1.81. The Bertz CT molecular complexity index is 825. The number of nitrogens with one attached hydrogen (secondary N) is 2. The quantitative estimate of drug-likeness (QED) is 0.771. The van der Waals surface area contributed by atoms with Crippen LogP contribution in [0.1, 0.15) is 29.9 Å². The average Bonchev–Trinajstić information content (AvgIpc) is 3.02. The molecule has 3 heterocycles. The Balaban J connectivity index is 1.53. The van der Waals surface area contributed by atoms with Crippen molar-refractivity contribution >= 4 is 11.5 Å². The Morgan fingerprint density at radius 1 is 1.22 bits per heavy atom. The maximum absolute atomic E-state index is 4.60. The molecule has 118 valence electrons. The molecule has 1 aliphatic rings. The van der Waals surface area contributed by atoms with Gasteiger partial charge in [-0.15, -0.1) is 15.3 Å². The maximum Gasteiger partial charge on any atom is 0.178 e. The molecule has 6 nitrogen and oxygen atoms in total. The SMILES string of the molecule is CCc1nnc2ccc(NCC3NCCc4ccccc43)nn12. The van der Waals surface area contributed by atoms with Gasteiger partial charge in [-0.1, -0.05) is 31.2 Å². The van der Waals surface area contributed by atoms with E-state index in [1.54, 1.807) is 0 Å². The lowest BCUT2D eigenvalue weighted by Crippen LogP contribution is -2.34. The monoisotopic (exact) mass is 308 g/mol. The minimum atomic E-state index is 0.309. The van der Waals surface area contributed by atoms with Crippen molar-refractivity contribution in [3.8, 4) is 0 Å². The Morgan fingerprint density at radius 3 is 3.04 bits per heavy atom. The summed E-state index contributed by atoms with van der Waals surface area (Å²) in [4.78, 5) is 0. The molecule has 2 N–H and O–H groups in total. The van der Waals surface area contributed by atoms with E-state index in [4.69, 9.17) is 0 Å². The van der Waals surface area contributed by atoms with Crippen LogP contribution in [0.25, 0.3) is 5.65 Å². The predicted molar refractivity (Wildman–Crippen MR) is 89.5 cm³/mol. The van der Waals surface area contributed by atoms with Crippen LogP contribution in [-0.2, 0) is 12.8 Å². The molecular weight excluding hydrogens is 288 g/mol. The number of fused-ring (bicyclic) bond motifs is 2. The second-order valence-electron chi connectivity index (χ2n) is 5.79. The van der Waals surface area contributed by atoms with Gasteiger partial charge in [-0.05, 0) is 36.2 Å². The smallest absolute Gasteiger partial charge is 0.178 e. The molecule has 0 aliphatic carbocycles. The summed E-state index contributed by atoms with van der Waals surface area (Å²) in [5.41, 5.74) is 3.60. The zero-order chi connectivity index (χ0) is 15.6. The lowest BCUT2D eigenvalue weighted by molar-refractivity contribution is 0.522. The van der Waals surface area contributed by atoms with Crippen molar-refractivity contribution in [1.82, 2.24) is 25.1 Å². The van der Waals surface area contributed by atoms with Crippen LogP contribution in [0.2, 0.25) is 0 Å². The van der Waals surface area contributed by atoms with E-state index in [0.29, 0.717) is 6.04 Å². The van der Waals surface area contributed by atoms with Crippen molar-refractivity contribution in [2.75, 3.05) is 18.4 Å². The molecule has 4 rings (SSSR count). The fourth-order valence-electron chi connectivity index (χ4n) is 3.13. The Labute approximate surface area is 134 Å². The van der Waals surface area contributed by atoms with Crippen molar-refractivity contribution in [2.24, 2.45) is 0 Å². The number of rotatable bonds is 4. The number of benzene rings is 1. The molecule has 1 aliphatic heterocycles. The summed E-state index contributed by atoms with van der Waals surface area (Å²) in [5, 5.41) is 19.9. The van der Waals surface area contributed by atoms with Gasteiger partial charge in [-0.2, -0.15) is 4.52 Å². The van der Waals surface area contributed by atoms with E-state index in [-0.39, 0.29) is 0 Å². The average molecular weight is 308 g/mol. The zero-order valence-corrected chi connectivity index (χ0v) is 13.2. The Morgan fingerprint density at radius 2 is 2.13 bits per heavy atom. The van der Waals surface area contributed by atoms with Crippen LogP contribution in [0.4, 0.5) is 5.82 Å². The van der Waals surface area contributed by atoms with E-state index < -0.39 is 0 Å². The van der Waals surface area contributed by atoms with Gasteiger partial charge in [0.15, 0.2) is 11.5 Å². The van der Waals surface area contributed by atoms with E-state index in [1.807, 2.05) is 16.6 Å². The van der Waals surface area contributed by atoms with E-state index in [0.717, 1.165) is 43.2 Å². The molecular formula is C17H20N6. The van der Waals surface area contributed by atoms with E-state index in [9.17, 15) is 0 Å². The van der Waals surface area contributed by atoms with Gasteiger partial charge in [0.2, 0.25) is 0 Å². The number of aromatic nitrogens is 4. The summed E-state index contributed by atoms with van der Waals surface area (Å²) >= 11 is 0. The van der Waals surface area contributed by atoms with Gasteiger partial charge in [-0.25, -0.2) is 0 Å². The van der Waals surface area contributed by atoms with E-state index in [1.165, 1.54) is 11.1 Å². The normalized spacial score (nSPS) is 17.2. The van der Waals surface area contributed by atoms with E-state index in [2.05, 4.69) is 57.1 Å². The molecule has 2 aromatic heterocycles. The zero-order valence-electron chi connectivity index (χ0n) is 13.2. The van der Waals surface area contributed by atoms with Gasteiger partial charge < -0.3 is 10.6 Å². The highest BCUT2D eigenvalue weighted by molar-refractivity contribution is 5.44. The van der Waals surface area contributed by atoms with E-state index >= 15 is 0 Å². The molecule has 0 amide bonds. The number of nitrogens with zero attached hydrogens (tertiary/aromatic N) is 4. The van der Waals surface area contributed by atoms with Crippen molar-refractivity contribution in [3.05, 3.63) is 53.3 Å². The van der Waals surface area contributed by atoms with Crippen molar-refractivity contribution in [2.45, 2.75) is 25.8 Å². The molecule has 1 unspecified atom stereocenters. The van der Waals surface area contributed by atoms with Crippen LogP contribution in [-0.4, -0.2) is 32.9 Å². The standard InChI is InChI=1S/C17H20N6/c1-2-16-20-21-17-8-7-15(22-23(16)17)19-11-14-13-6-4-3-5-12(13)9-10-18-14/h3-8,14,18H,2,9-11H2,1H3,(H,19,22). The number of hydrogen-bond acceptors (Lipinski definition) is 5. The van der Waals surface area contributed by atoms with Crippen LogP contribution in [0.5, 0.6) is 0 Å². The third-order valence-corrected chi connectivity index (χ3v) is 4.35. The summed E-state index contributed by atoms with van der Waals surface area (Å²) in [6.45, 7) is 3.88. The highest BCUT2D eigenvalue weighted by atomic mass is 15.4. The second-order valence-corrected chi connectivity index (χ2v) is 5.79. The third kappa shape index (κ3) is 2.66. The molecule has 0 fully saturated rings. The third-order valence-electron chi connectivity index (χ3n) is 4.35.